The van der Waals surface area contributed by atoms with Crippen molar-refractivity contribution in [1.82, 2.24) is 5.32 Å². The van der Waals surface area contributed by atoms with Crippen molar-refractivity contribution in [3.05, 3.63) is 34.6 Å². The van der Waals surface area contributed by atoms with Gasteiger partial charge in [0.25, 0.3) is 0 Å². The maximum absolute atomic E-state index is 13.6. The summed E-state index contributed by atoms with van der Waals surface area (Å²) < 4.78 is 25.2. The molecule has 1 N–H and O–H groups in total. The van der Waals surface area contributed by atoms with E-state index in [0.717, 1.165) is 18.4 Å². The molecule has 0 aliphatic carbocycles. The third-order valence-electron chi connectivity index (χ3n) is 4.18. The van der Waals surface area contributed by atoms with Crippen LogP contribution >= 0.6 is 11.6 Å². The number of hydrogen-bond donors (Lipinski definition) is 1. The van der Waals surface area contributed by atoms with E-state index in [0.29, 0.717) is 26.2 Å². The molecule has 1 heterocycles. The Kier molecular flexibility index (Phi) is 5.99. The molecule has 2 rings (SSSR count). The molecule has 1 atom stereocenters. The van der Waals surface area contributed by atoms with Crippen molar-refractivity contribution in [1.29, 1.82) is 0 Å². The Morgan fingerprint density at radius 2 is 2.14 bits per heavy atom. The first-order valence-corrected chi connectivity index (χ1v) is 7.82. The number of likely N-dealkylation sites (N-methyl/N-ethyl adjacent to an activating group) is 1. The van der Waals surface area contributed by atoms with Crippen LogP contribution in [0.5, 0.6) is 0 Å². The van der Waals surface area contributed by atoms with Gasteiger partial charge >= 0.3 is 0 Å². The summed E-state index contributed by atoms with van der Waals surface area (Å²) in [5.74, 6) is -0.374. The second-order valence-electron chi connectivity index (χ2n) is 5.40. The van der Waals surface area contributed by atoms with Gasteiger partial charge in [0.05, 0.1) is 10.6 Å². The summed E-state index contributed by atoms with van der Waals surface area (Å²) in [6, 6.07) is 5.10. The van der Waals surface area contributed by atoms with E-state index >= 15 is 0 Å². The molecule has 0 aromatic heterocycles. The zero-order valence-electron chi connectivity index (χ0n) is 12.6. The van der Waals surface area contributed by atoms with Gasteiger partial charge in [-0.15, -0.1) is 0 Å². The first-order valence-electron chi connectivity index (χ1n) is 7.44. The minimum Gasteiger partial charge on any atom is -0.381 e. The molecule has 0 amide bonds. The predicted octanol–water partition coefficient (Wildman–Crippen LogP) is 3.20. The van der Waals surface area contributed by atoms with Crippen LogP contribution in [0.2, 0.25) is 5.02 Å². The SMILES string of the molecule is CCOC1(C(Cc2ccc(Cl)c(F)c2)NC)CCOCC1. The first-order chi connectivity index (χ1) is 10.1. The van der Waals surface area contributed by atoms with Gasteiger partial charge in [-0.3, -0.25) is 0 Å². The Balaban J connectivity index is 2.17. The Hall–Kier alpha value is -0.680. The highest BCUT2D eigenvalue weighted by Gasteiger charge is 2.40. The number of rotatable bonds is 6. The van der Waals surface area contributed by atoms with Crippen molar-refractivity contribution in [2.75, 3.05) is 26.9 Å². The van der Waals surface area contributed by atoms with E-state index in [9.17, 15) is 4.39 Å². The Morgan fingerprint density at radius 3 is 2.71 bits per heavy atom. The highest BCUT2D eigenvalue weighted by molar-refractivity contribution is 6.30. The average molecular weight is 316 g/mol. The standard InChI is InChI=1S/C16H23ClFNO2/c1-3-21-16(6-8-20-9-7-16)15(19-2)11-12-4-5-13(17)14(18)10-12/h4-5,10,15,19H,3,6-9,11H2,1-2H3. The summed E-state index contributed by atoms with van der Waals surface area (Å²) >= 11 is 5.75. The van der Waals surface area contributed by atoms with E-state index in [1.165, 1.54) is 6.07 Å². The molecule has 0 saturated carbocycles. The number of hydrogen-bond acceptors (Lipinski definition) is 3. The molecule has 1 aliphatic heterocycles. The molecular weight excluding hydrogens is 293 g/mol. The quantitative estimate of drug-likeness (QED) is 0.874. The fourth-order valence-corrected chi connectivity index (χ4v) is 3.17. The van der Waals surface area contributed by atoms with Crippen molar-refractivity contribution < 1.29 is 13.9 Å². The fourth-order valence-electron chi connectivity index (χ4n) is 3.05. The molecule has 0 spiro atoms. The molecule has 3 nitrogen and oxygen atoms in total. The molecule has 1 aliphatic rings. The zero-order valence-corrected chi connectivity index (χ0v) is 13.4. The van der Waals surface area contributed by atoms with Gasteiger partial charge in [-0.25, -0.2) is 4.39 Å². The largest absolute Gasteiger partial charge is 0.381 e. The molecule has 1 saturated heterocycles. The molecule has 0 radical (unpaired) electrons. The summed E-state index contributed by atoms with van der Waals surface area (Å²) in [6.07, 6.45) is 2.40. The zero-order chi connectivity index (χ0) is 15.3. The van der Waals surface area contributed by atoms with Crippen LogP contribution in [-0.2, 0) is 15.9 Å². The number of ether oxygens (including phenoxy) is 2. The molecule has 0 bridgehead atoms. The van der Waals surface area contributed by atoms with Crippen molar-refractivity contribution in [3.8, 4) is 0 Å². The first kappa shape index (κ1) is 16.7. The fraction of sp³-hybridized carbons (Fsp3) is 0.625. The van der Waals surface area contributed by atoms with Crippen LogP contribution in [0.3, 0.4) is 0 Å². The highest BCUT2D eigenvalue weighted by Crippen LogP contribution is 2.31. The topological polar surface area (TPSA) is 30.5 Å². The molecule has 1 fully saturated rings. The Bertz CT molecular complexity index is 458. The van der Waals surface area contributed by atoms with Crippen LogP contribution < -0.4 is 5.32 Å². The van der Waals surface area contributed by atoms with Crippen molar-refractivity contribution in [3.63, 3.8) is 0 Å². The summed E-state index contributed by atoms with van der Waals surface area (Å²) in [7, 11) is 1.92. The third kappa shape index (κ3) is 3.95. The molecule has 21 heavy (non-hydrogen) atoms. The van der Waals surface area contributed by atoms with Crippen LogP contribution in [0.4, 0.5) is 4.39 Å². The second kappa shape index (κ2) is 7.54. The lowest BCUT2D eigenvalue weighted by molar-refractivity contribution is -0.125. The van der Waals surface area contributed by atoms with Gasteiger partial charge in [-0.1, -0.05) is 17.7 Å². The van der Waals surface area contributed by atoms with Gasteiger partial charge in [0.1, 0.15) is 5.82 Å². The number of halogens is 2. The lowest BCUT2D eigenvalue weighted by Gasteiger charge is -2.43. The summed E-state index contributed by atoms with van der Waals surface area (Å²) in [4.78, 5) is 0. The number of benzene rings is 1. The smallest absolute Gasteiger partial charge is 0.142 e. The van der Waals surface area contributed by atoms with Gasteiger partial charge in [-0.05, 0) is 38.1 Å². The third-order valence-corrected chi connectivity index (χ3v) is 4.48. The molecule has 1 aromatic carbocycles. The van der Waals surface area contributed by atoms with Gasteiger partial charge in [0.2, 0.25) is 0 Å². The van der Waals surface area contributed by atoms with Gasteiger partial charge < -0.3 is 14.8 Å². The Labute approximate surface area is 130 Å². The van der Waals surface area contributed by atoms with Gasteiger partial charge in [0, 0.05) is 38.7 Å². The molecule has 1 unspecified atom stereocenters. The monoisotopic (exact) mass is 315 g/mol. The van der Waals surface area contributed by atoms with E-state index in [1.807, 2.05) is 20.0 Å². The highest BCUT2D eigenvalue weighted by atomic mass is 35.5. The van der Waals surface area contributed by atoms with Gasteiger partial charge in [-0.2, -0.15) is 0 Å². The van der Waals surface area contributed by atoms with Crippen molar-refractivity contribution in [2.24, 2.45) is 0 Å². The lowest BCUT2D eigenvalue weighted by Crippen LogP contribution is -2.55. The maximum atomic E-state index is 13.6. The average Bonchev–Trinajstić information content (AvgIpc) is 2.49. The summed E-state index contributed by atoms with van der Waals surface area (Å²) in [6.45, 7) is 4.07. The van der Waals surface area contributed by atoms with Crippen LogP contribution in [0.25, 0.3) is 0 Å². The normalized spacial score (nSPS) is 19.4. The minimum atomic E-state index is -0.374. The molecule has 5 heteroatoms. The molecule has 118 valence electrons. The van der Waals surface area contributed by atoms with Crippen LogP contribution in [-0.4, -0.2) is 38.5 Å². The summed E-state index contributed by atoms with van der Waals surface area (Å²) in [5.41, 5.74) is 0.666. The van der Waals surface area contributed by atoms with Crippen molar-refractivity contribution >= 4 is 11.6 Å². The van der Waals surface area contributed by atoms with Gasteiger partial charge in [0.15, 0.2) is 0 Å². The van der Waals surface area contributed by atoms with E-state index in [2.05, 4.69) is 5.32 Å². The summed E-state index contributed by atoms with van der Waals surface area (Å²) in [5, 5.41) is 3.50. The maximum Gasteiger partial charge on any atom is 0.142 e. The van der Waals surface area contributed by atoms with E-state index in [-0.39, 0.29) is 22.5 Å². The van der Waals surface area contributed by atoms with Crippen LogP contribution in [0.15, 0.2) is 18.2 Å². The predicted molar refractivity (Wildman–Crippen MR) is 82.4 cm³/mol. The minimum absolute atomic E-state index is 0.113. The van der Waals surface area contributed by atoms with E-state index in [4.69, 9.17) is 21.1 Å². The number of nitrogens with one attached hydrogen (secondary N) is 1. The van der Waals surface area contributed by atoms with Crippen molar-refractivity contribution in [2.45, 2.75) is 37.8 Å². The van der Waals surface area contributed by atoms with E-state index < -0.39 is 0 Å². The second-order valence-corrected chi connectivity index (χ2v) is 5.81. The molecular formula is C16H23ClFNO2. The van der Waals surface area contributed by atoms with Crippen LogP contribution in [0.1, 0.15) is 25.3 Å². The Morgan fingerprint density at radius 1 is 1.43 bits per heavy atom. The molecule has 1 aromatic rings. The van der Waals surface area contributed by atoms with E-state index in [1.54, 1.807) is 6.07 Å². The lowest BCUT2D eigenvalue weighted by atomic mass is 9.82. The van der Waals surface area contributed by atoms with Crippen LogP contribution in [0, 0.1) is 5.82 Å².